The van der Waals surface area contributed by atoms with E-state index in [9.17, 15) is 0 Å². The van der Waals surface area contributed by atoms with Gasteiger partial charge in [0.25, 0.3) is 0 Å². The first-order valence-electron chi connectivity index (χ1n) is 8.66. The summed E-state index contributed by atoms with van der Waals surface area (Å²) in [5.41, 5.74) is 5.36. The first-order valence-corrected chi connectivity index (χ1v) is 8.66. The Kier molecular flexibility index (Phi) is 3.63. The van der Waals surface area contributed by atoms with Crippen LogP contribution >= 0.6 is 0 Å². The number of rotatable bonds is 3. The number of aromatic nitrogens is 1. The average Bonchev–Trinajstić information content (AvgIpc) is 2.82. The van der Waals surface area contributed by atoms with Crippen LogP contribution < -0.4 is 14.8 Å². The first-order chi connectivity index (χ1) is 11.5. The molecule has 0 fully saturated rings. The lowest BCUT2D eigenvalue weighted by Gasteiger charge is -2.20. The van der Waals surface area contributed by atoms with E-state index in [0.717, 1.165) is 17.2 Å². The molecule has 1 aliphatic heterocycles. The zero-order valence-electron chi connectivity index (χ0n) is 14.6. The number of hydrogen-bond donors (Lipinski definition) is 1. The quantitative estimate of drug-likeness (QED) is 0.916. The van der Waals surface area contributed by atoms with Crippen molar-refractivity contribution in [3.8, 4) is 11.5 Å². The van der Waals surface area contributed by atoms with Crippen LogP contribution in [0.1, 0.15) is 49.9 Å². The van der Waals surface area contributed by atoms with Crippen molar-refractivity contribution in [3.05, 3.63) is 47.3 Å². The third-order valence-electron chi connectivity index (χ3n) is 5.09. The largest absolute Gasteiger partial charge is 0.486 e. The number of anilines is 1. The van der Waals surface area contributed by atoms with Crippen molar-refractivity contribution < 1.29 is 9.47 Å². The van der Waals surface area contributed by atoms with Crippen molar-refractivity contribution in [2.45, 2.75) is 45.1 Å². The molecule has 1 aromatic carbocycles. The number of nitrogens with one attached hydrogen (secondary N) is 1. The molecule has 4 nitrogen and oxygen atoms in total. The maximum Gasteiger partial charge on any atom is 0.179 e. The summed E-state index contributed by atoms with van der Waals surface area (Å²) in [6, 6.07) is 8.57. The lowest BCUT2D eigenvalue weighted by Crippen LogP contribution is -2.16. The lowest BCUT2D eigenvalue weighted by molar-refractivity contribution is 0.170. The molecule has 0 spiro atoms. The highest BCUT2D eigenvalue weighted by molar-refractivity contribution is 5.60. The van der Waals surface area contributed by atoms with E-state index in [-0.39, 0.29) is 5.41 Å². The van der Waals surface area contributed by atoms with Crippen LogP contribution in [-0.4, -0.2) is 18.2 Å². The second-order valence-corrected chi connectivity index (χ2v) is 7.43. The van der Waals surface area contributed by atoms with E-state index in [2.05, 4.69) is 49.3 Å². The molecule has 1 aromatic heterocycles. The maximum absolute atomic E-state index is 5.64. The van der Waals surface area contributed by atoms with E-state index in [0.29, 0.717) is 25.7 Å². The van der Waals surface area contributed by atoms with Crippen LogP contribution in [0.25, 0.3) is 0 Å². The molecule has 1 unspecified atom stereocenters. The van der Waals surface area contributed by atoms with Crippen molar-refractivity contribution in [1.82, 2.24) is 4.98 Å². The molecule has 2 aromatic rings. The van der Waals surface area contributed by atoms with Gasteiger partial charge in [0.2, 0.25) is 0 Å². The number of nitrogens with zero attached hydrogens (tertiary/aromatic N) is 1. The van der Waals surface area contributed by atoms with Crippen molar-refractivity contribution in [3.63, 3.8) is 0 Å². The molecule has 1 atom stereocenters. The van der Waals surface area contributed by atoms with E-state index in [4.69, 9.17) is 9.47 Å². The maximum atomic E-state index is 5.64. The van der Waals surface area contributed by atoms with E-state index in [1.54, 1.807) is 6.20 Å². The molecule has 1 aliphatic carbocycles. The molecule has 2 aliphatic rings. The standard InChI is InChI=1S/C20H24N2O2/c1-13-10-20(2,3)15-5-4-6-16(19(13)15)22-11-14-9-17-18(12-21-14)24-8-7-23-17/h4-6,9,12-13,22H,7-8,10-11H2,1-3H3. The van der Waals surface area contributed by atoms with Gasteiger partial charge in [-0.3, -0.25) is 4.98 Å². The predicted molar refractivity (Wildman–Crippen MR) is 95.1 cm³/mol. The molecule has 4 rings (SSSR count). The van der Waals surface area contributed by atoms with Gasteiger partial charge in [-0.2, -0.15) is 0 Å². The van der Waals surface area contributed by atoms with Gasteiger partial charge in [-0.05, 0) is 34.9 Å². The molecule has 4 heteroatoms. The van der Waals surface area contributed by atoms with Crippen LogP contribution in [0.2, 0.25) is 0 Å². The van der Waals surface area contributed by atoms with Gasteiger partial charge in [0, 0.05) is 11.8 Å². The minimum atomic E-state index is 0.252. The van der Waals surface area contributed by atoms with Crippen molar-refractivity contribution in [2.24, 2.45) is 0 Å². The van der Waals surface area contributed by atoms with Gasteiger partial charge >= 0.3 is 0 Å². The van der Waals surface area contributed by atoms with Crippen molar-refractivity contribution >= 4 is 5.69 Å². The van der Waals surface area contributed by atoms with Gasteiger partial charge in [0.05, 0.1) is 18.4 Å². The highest BCUT2D eigenvalue weighted by Crippen LogP contribution is 2.48. The molecule has 126 valence electrons. The number of fused-ring (bicyclic) bond motifs is 2. The van der Waals surface area contributed by atoms with Crippen LogP contribution in [0.4, 0.5) is 5.69 Å². The number of ether oxygens (including phenoxy) is 2. The van der Waals surface area contributed by atoms with E-state index < -0.39 is 0 Å². The zero-order valence-corrected chi connectivity index (χ0v) is 14.6. The van der Waals surface area contributed by atoms with E-state index in [1.807, 2.05) is 6.07 Å². The van der Waals surface area contributed by atoms with Crippen molar-refractivity contribution in [2.75, 3.05) is 18.5 Å². The first kappa shape index (κ1) is 15.3. The summed E-state index contributed by atoms with van der Waals surface area (Å²) in [6.45, 7) is 8.86. The SMILES string of the molecule is CC1CC(C)(C)c2cccc(NCc3cc4c(cn3)OCCO4)c21. The van der Waals surface area contributed by atoms with Crippen LogP contribution in [0.15, 0.2) is 30.5 Å². The molecule has 0 radical (unpaired) electrons. The average molecular weight is 324 g/mol. The molecule has 0 amide bonds. The Morgan fingerprint density at radius 1 is 1.21 bits per heavy atom. The Labute approximate surface area is 143 Å². The summed E-state index contributed by atoms with van der Waals surface area (Å²) in [7, 11) is 0. The summed E-state index contributed by atoms with van der Waals surface area (Å²) in [6.07, 6.45) is 2.95. The predicted octanol–water partition coefficient (Wildman–Crippen LogP) is 4.25. The molecular formula is C20H24N2O2. The topological polar surface area (TPSA) is 43.4 Å². The fourth-order valence-electron chi connectivity index (χ4n) is 4.09. The van der Waals surface area contributed by atoms with E-state index >= 15 is 0 Å². The third kappa shape index (κ3) is 2.60. The Morgan fingerprint density at radius 3 is 2.83 bits per heavy atom. The summed E-state index contributed by atoms with van der Waals surface area (Å²) < 4.78 is 11.2. The molecule has 2 heterocycles. The second kappa shape index (κ2) is 5.69. The monoisotopic (exact) mass is 324 g/mol. The van der Waals surface area contributed by atoms with Gasteiger partial charge in [-0.25, -0.2) is 0 Å². The summed E-state index contributed by atoms with van der Waals surface area (Å²) in [5.74, 6) is 2.11. The van der Waals surface area contributed by atoms with E-state index in [1.165, 1.54) is 23.2 Å². The van der Waals surface area contributed by atoms with Crippen LogP contribution in [0.3, 0.4) is 0 Å². The molecular weight excluding hydrogens is 300 g/mol. The minimum Gasteiger partial charge on any atom is -0.486 e. The Bertz CT molecular complexity index is 770. The molecule has 0 saturated carbocycles. The Balaban J connectivity index is 1.56. The zero-order chi connectivity index (χ0) is 16.7. The fraction of sp³-hybridized carbons (Fsp3) is 0.450. The lowest BCUT2D eigenvalue weighted by atomic mass is 9.86. The number of hydrogen-bond acceptors (Lipinski definition) is 4. The third-order valence-corrected chi connectivity index (χ3v) is 5.09. The molecule has 24 heavy (non-hydrogen) atoms. The Hall–Kier alpha value is -2.23. The number of benzene rings is 1. The Morgan fingerprint density at radius 2 is 2.00 bits per heavy atom. The van der Waals surface area contributed by atoms with Gasteiger partial charge in [-0.15, -0.1) is 0 Å². The minimum absolute atomic E-state index is 0.252. The van der Waals surface area contributed by atoms with Crippen LogP contribution in [-0.2, 0) is 12.0 Å². The van der Waals surface area contributed by atoms with Gasteiger partial charge in [0.1, 0.15) is 13.2 Å². The van der Waals surface area contributed by atoms with Gasteiger partial charge in [0.15, 0.2) is 11.5 Å². The highest BCUT2D eigenvalue weighted by Gasteiger charge is 2.35. The molecule has 0 bridgehead atoms. The summed E-state index contributed by atoms with van der Waals surface area (Å²) >= 11 is 0. The molecule has 0 saturated heterocycles. The number of pyridine rings is 1. The molecule has 1 N–H and O–H groups in total. The fourth-order valence-corrected chi connectivity index (χ4v) is 4.09. The normalized spacial score (nSPS) is 20.5. The highest BCUT2D eigenvalue weighted by atomic mass is 16.6. The van der Waals surface area contributed by atoms with Crippen LogP contribution in [0.5, 0.6) is 11.5 Å². The van der Waals surface area contributed by atoms with Crippen molar-refractivity contribution in [1.29, 1.82) is 0 Å². The van der Waals surface area contributed by atoms with Gasteiger partial charge in [-0.1, -0.05) is 32.9 Å². The summed E-state index contributed by atoms with van der Waals surface area (Å²) in [5, 5.41) is 3.58. The van der Waals surface area contributed by atoms with Gasteiger partial charge < -0.3 is 14.8 Å². The smallest absolute Gasteiger partial charge is 0.179 e. The summed E-state index contributed by atoms with van der Waals surface area (Å²) in [4.78, 5) is 4.48. The van der Waals surface area contributed by atoms with Crippen LogP contribution in [0, 0.1) is 0 Å². The second-order valence-electron chi connectivity index (χ2n) is 7.43.